The highest BCUT2D eigenvalue weighted by Crippen LogP contribution is 2.39. The lowest BCUT2D eigenvalue weighted by atomic mass is 9.98. The summed E-state index contributed by atoms with van der Waals surface area (Å²) < 4.78 is 5.70. The van der Waals surface area contributed by atoms with Crippen LogP contribution < -0.4 is 10.1 Å². The summed E-state index contributed by atoms with van der Waals surface area (Å²) in [7, 11) is 4.25. The van der Waals surface area contributed by atoms with E-state index < -0.39 is 0 Å². The minimum absolute atomic E-state index is 0.242. The van der Waals surface area contributed by atoms with E-state index >= 15 is 0 Å². The molecule has 21 heavy (non-hydrogen) atoms. The van der Waals surface area contributed by atoms with Crippen molar-refractivity contribution in [3.8, 4) is 5.75 Å². The van der Waals surface area contributed by atoms with Crippen LogP contribution in [0.1, 0.15) is 31.9 Å². The number of likely N-dealkylation sites (N-methyl/N-ethyl adjacent to an activating group) is 1. The van der Waals surface area contributed by atoms with Crippen molar-refractivity contribution < 1.29 is 4.74 Å². The zero-order chi connectivity index (χ0) is 15.6. The lowest BCUT2D eigenvalue weighted by molar-refractivity contribution is 0.203. The molecule has 0 aromatic heterocycles. The fourth-order valence-electron chi connectivity index (χ4n) is 2.92. The van der Waals surface area contributed by atoms with Gasteiger partial charge in [-0.3, -0.25) is 0 Å². The van der Waals surface area contributed by atoms with Gasteiger partial charge < -0.3 is 15.0 Å². The molecule has 2 atom stereocenters. The molecule has 2 unspecified atom stereocenters. The summed E-state index contributed by atoms with van der Waals surface area (Å²) >= 11 is 12.4. The second-order valence-corrected chi connectivity index (χ2v) is 7.02. The molecule has 0 amide bonds. The molecule has 0 saturated heterocycles. The molecule has 118 valence electrons. The van der Waals surface area contributed by atoms with Gasteiger partial charge in [0.05, 0.1) is 11.6 Å². The fraction of sp³-hybridized carbons (Fsp3) is 0.625. The summed E-state index contributed by atoms with van der Waals surface area (Å²) in [6.07, 6.45) is 0.932. The summed E-state index contributed by atoms with van der Waals surface area (Å²) in [5, 5.41) is 4.91. The van der Waals surface area contributed by atoms with E-state index in [4.69, 9.17) is 27.9 Å². The van der Waals surface area contributed by atoms with Gasteiger partial charge in [0.2, 0.25) is 0 Å². The number of benzene rings is 1. The van der Waals surface area contributed by atoms with Crippen molar-refractivity contribution >= 4 is 23.2 Å². The molecule has 1 aliphatic heterocycles. The van der Waals surface area contributed by atoms with Gasteiger partial charge in [-0.25, -0.2) is 0 Å². The smallest absolute Gasteiger partial charge is 0.142 e. The summed E-state index contributed by atoms with van der Waals surface area (Å²) in [6, 6.07) is 4.43. The highest BCUT2D eigenvalue weighted by molar-refractivity contribution is 6.35. The number of nitrogens with one attached hydrogen (secondary N) is 1. The first-order chi connectivity index (χ1) is 9.90. The van der Waals surface area contributed by atoms with Crippen LogP contribution in [0.15, 0.2) is 12.1 Å². The molecule has 3 nitrogen and oxygen atoms in total. The van der Waals surface area contributed by atoms with E-state index in [0.717, 1.165) is 24.3 Å². The van der Waals surface area contributed by atoms with Gasteiger partial charge in [0.25, 0.3) is 0 Å². The van der Waals surface area contributed by atoms with E-state index in [1.807, 2.05) is 6.07 Å². The predicted octanol–water partition coefficient (Wildman–Crippen LogP) is 3.99. The fourth-order valence-corrected chi connectivity index (χ4v) is 3.48. The van der Waals surface area contributed by atoms with Crippen molar-refractivity contribution in [3.05, 3.63) is 27.7 Å². The quantitative estimate of drug-likeness (QED) is 0.883. The van der Waals surface area contributed by atoms with Gasteiger partial charge in [0, 0.05) is 35.6 Å². The summed E-state index contributed by atoms with van der Waals surface area (Å²) in [5.41, 5.74) is 1.07. The van der Waals surface area contributed by atoms with Crippen molar-refractivity contribution in [2.75, 3.05) is 27.2 Å². The molecule has 5 heteroatoms. The highest BCUT2D eigenvalue weighted by atomic mass is 35.5. The standard InChI is InChI=1S/C16H24Cl2N2O/c1-10(2)15(20(3)4)9-19-14-5-6-21-16-12(14)7-11(17)8-13(16)18/h7-8,10,14-15,19H,5-6,9H2,1-4H3. The second kappa shape index (κ2) is 7.19. The Morgan fingerprint density at radius 2 is 2.05 bits per heavy atom. The van der Waals surface area contributed by atoms with E-state index in [2.05, 4.69) is 38.2 Å². The van der Waals surface area contributed by atoms with Crippen molar-refractivity contribution in [2.45, 2.75) is 32.4 Å². The van der Waals surface area contributed by atoms with Crippen LogP contribution in [0.5, 0.6) is 5.75 Å². The molecular formula is C16H24Cl2N2O. The Kier molecular flexibility index (Phi) is 5.78. The number of rotatable bonds is 5. The molecule has 1 N–H and O–H groups in total. The zero-order valence-electron chi connectivity index (χ0n) is 13.1. The van der Waals surface area contributed by atoms with E-state index in [-0.39, 0.29) is 6.04 Å². The molecule has 1 aromatic rings. The molecule has 2 rings (SSSR count). The molecule has 0 aliphatic carbocycles. The third-order valence-electron chi connectivity index (χ3n) is 4.07. The van der Waals surface area contributed by atoms with Gasteiger partial charge >= 0.3 is 0 Å². The van der Waals surface area contributed by atoms with Crippen LogP contribution >= 0.6 is 23.2 Å². The van der Waals surface area contributed by atoms with Crippen LogP contribution in [0, 0.1) is 5.92 Å². The maximum Gasteiger partial charge on any atom is 0.142 e. The van der Waals surface area contributed by atoms with Crippen LogP contribution in [0.2, 0.25) is 10.0 Å². The first-order valence-electron chi connectivity index (χ1n) is 7.41. The Labute approximate surface area is 137 Å². The number of halogens is 2. The Balaban J connectivity index is 2.13. The third kappa shape index (κ3) is 4.04. The van der Waals surface area contributed by atoms with Gasteiger partial charge in [-0.1, -0.05) is 37.0 Å². The number of hydrogen-bond donors (Lipinski definition) is 1. The van der Waals surface area contributed by atoms with Crippen molar-refractivity contribution in [3.63, 3.8) is 0 Å². The molecule has 1 aromatic carbocycles. The monoisotopic (exact) mass is 330 g/mol. The molecule has 0 radical (unpaired) electrons. The van der Waals surface area contributed by atoms with Crippen LogP contribution in [0.4, 0.5) is 0 Å². The van der Waals surface area contributed by atoms with E-state index in [9.17, 15) is 0 Å². The molecule has 0 fully saturated rings. The Morgan fingerprint density at radius 3 is 2.67 bits per heavy atom. The second-order valence-electron chi connectivity index (χ2n) is 6.18. The Hall–Kier alpha value is -0.480. The Bertz CT molecular complexity index is 483. The number of fused-ring (bicyclic) bond motifs is 1. The number of hydrogen-bond acceptors (Lipinski definition) is 3. The molecule has 0 spiro atoms. The van der Waals surface area contributed by atoms with Gasteiger partial charge in [0.1, 0.15) is 5.75 Å². The van der Waals surface area contributed by atoms with E-state index in [1.54, 1.807) is 6.07 Å². The van der Waals surface area contributed by atoms with E-state index in [0.29, 0.717) is 28.6 Å². The van der Waals surface area contributed by atoms with Gasteiger partial charge in [-0.05, 0) is 32.1 Å². The maximum atomic E-state index is 6.23. The highest BCUT2D eigenvalue weighted by Gasteiger charge is 2.25. The van der Waals surface area contributed by atoms with Crippen molar-refractivity contribution in [2.24, 2.45) is 5.92 Å². The largest absolute Gasteiger partial charge is 0.492 e. The van der Waals surface area contributed by atoms with Crippen molar-refractivity contribution in [1.82, 2.24) is 10.2 Å². The molecule has 1 aliphatic rings. The lowest BCUT2D eigenvalue weighted by Crippen LogP contribution is -2.43. The summed E-state index contributed by atoms with van der Waals surface area (Å²) in [5.74, 6) is 1.37. The normalized spacial score (nSPS) is 19.5. The van der Waals surface area contributed by atoms with Crippen LogP contribution in [-0.2, 0) is 0 Å². The van der Waals surface area contributed by atoms with Crippen LogP contribution in [0.25, 0.3) is 0 Å². The molecule has 0 bridgehead atoms. The SMILES string of the molecule is CC(C)C(CNC1CCOc2c(Cl)cc(Cl)cc21)N(C)C. The third-order valence-corrected chi connectivity index (χ3v) is 4.57. The summed E-state index contributed by atoms with van der Waals surface area (Å²) in [4.78, 5) is 2.27. The lowest BCUT2D eigenvalue weighted by Gasteiger charge is -2.33. The minimum atomic E-state index is 0.242. The van der Waals surface area contributed by atoms with Crippen LogP contribution in [-0.4, -0.2) is 38.2 Å². The Morgan fingerprint density at radius 1 is 1.33 bits per heavy atom. The predicted molar refractivity (Wildman–Crippen MR) is 89.6 cm³/mol. The zero-order valence-corrected chi connectivity index (χ0v) is 14.6. The van der Waals surface area contributed by atoms with E-state index in [1.165, 1.54) is 0 Å². The average Bonchev–Trinajstić information content (AvgIpc) is 2.38. The first kappa shape index (κ1) is 16.9. The van der Waals surface area contributed by atoms with Gasteiger partial charge in [-0.2, -0.15) is 0 Å². The first-order valence-corrected chi connectivity index (χ1v) is 8.17. The molecule has 0 saturated carbocycles. The van der Waals surface area contributed by atoms with Gasteiger partial charge in [0.15, 0.2) is 0 Å². The van der Waals surface area contributed by atoms with Crippen LogP contribution in [0.3, 0.4) is 0 Å². The summed E-state index contributed by atoms with van der Waals surface area (Å²) in [6.45, 7) is 6.11. The minimum Gasteiger partial charge on any atom is -0.492 e. The average molecular weight is 331 g/mol. The van der Waals surface area contributed by atoms with Gasteiger partial charge in [-0.15, -0.1) is 0 Å². The topological polar surface area (TPSA) is 24.5 Å². The van der Waals surface area contributed by atoms with Crippen molar-refractivity contribution in [1.29, 1.82) is 0 Å². The molecular weight excluding hydrogens is 307 g/mol. The molecule has 1 heterocycles. The number of nitrogens with zero attached hydrogens (tertiary/aromatic N) is 1. The maximum absolute atomic E-state index is 6.23. The number of ether oxygens (including phenoxy) is 1.